The minimum absolute atomic E-state index is 0.363. The molecule has 111 valence electrons. The molecule has 7 heteroatoms. The van der Waals surface area contributed by atoms with E-state index < -0.39 is 5.97 Å². The van der Waals surface area contributed by atoms with Crippen LogP contribution in [0.2, 0.25) is 0 Å². The van der Waals surface area contributed by atoms with Crippen molar-refractivity contribution >= 4 is 35.9 Å². The van der Waals surface area contributed by atoms with Crippen molar-refractivity contribution in [3.05, 3.63) is 58.1 Å². The fraction of sp³-hybridized carbons (Fsp3) is 0.0667. The zero-order valence-electron chi connectivity index (χ0n) is 11.6. The number of rotatable bonds is 6. The summed E-state index contributed by atoms with van der Waals surface area (Å²) in [4.78, 5) is 22.4. The Morgan fingerprint density at radius 3 is 2.73 bits per heavy atom. The molecular weight excluding hydrogens is 351 g/mol. The highest BCUT2D eigenvalue weighted by atomic mass is 79.9. The van der Waals surface area contributed by atoms with Gasteiger partial charge in [-0.3, -0.25) is 4.79 Å². The highest BCUT2D eigenvalue weighted by molar-refractivity contribution is 9.10. The molecule has 0 fully saturated rings. The zero-order valence-corrected chi connectivity index (χ0v) is 13.2. The third-order valence-corrected chi connectivity index (χ3v) is 3.21. The molecule has 0 unspecified atom stereocenters. The third kappa shape index (κ3) is 4.11. The molecule has 0 spiro atoms. The van der Waals surface area contributed by atoms with Gasteiger partial charge in [-0.15, -0.1) is 0 Å². The first-order valence-electron chi connectivity index (χ1n) is 6.22. The van der Waals surface area contributed by atoms with Crippen molar-refractivity contribution in [2.75, 3.05) is 7.11 Å². The Morgan fingerprint density at radius 1 is 1.18 bits per heavy atom. The summed E-state index contributed by atoms with van der Waals surface area (Å²) >= 11 is 3.27. The van der Waals surface area contributed by atoms with E-state index in [2.05, 4.69) is 20.7 Å². The highest BCUT2D eigenvalue weighted by Gasteiger charge is 2.09. The van der Waals surface area contributed by atoms with Crippen LogP contribution in [0, 0.1) is 0 Å². The molecule has 0 bridgehead atoms. The molecule has 0 heterocycles. The smallest absolute Gasteiger partial charge is 0.526 e. The highest BCUT2D eigenvalue weighted by Crippen LogP contribution is 2.21. The number of esters is 1. The molecule has 0 saturated heterocycles. The summed E-state index contributed by atoms with van der Waals surface area (Å²) in [6.07, 6.45) is 0.686. The van der Waals surface area contributed by atoms with Crippen LogP contribution < -0.4 is 9.31 Å². The first kappa shape index (κ1) is 16.1. The minimum Gasteiger partial charge on any atom is -0.526 e. The fourth-order valence-corrected chi connectivity index (χ4v) is 2.04. The van der Waals surface area contributed by atoms with Gasteiger partial charge in [-0.1, -0.05) is 22.0 Å². The summed E-state index contributed by atoms with van der Waals surface area (Å²) in [5.74, 6) is 0.317. The third-order valence-electron chi connectivity index (χ3n) is 2.71. The van der Waals surface area contributed by atoms with Crippen LogP contribution in [0.15, 0.2) is 46.9 Å². The van der Waals surface area contributed by atoms with Crippen molar-refractivity contribution in [3.8, 4) is 11.5 Å². The van der Waals surface area contributed by atoms with E-state index in [0.717, 1.165) is 12.2 Å². The lowest BCUT2D eigenvalue weighted by molar-refractivity contribution is 0.0600. The van der Waals surface area contributed by atoms with Gasteiger partial charge in [0, 0.05) is 4.47 Å². The van der Waals surface area contributed by atoms with Gasteiger partial charge in [0.25, 0.3) is 0 Å². The monoisotopic (exact) mass is 361 g/mol. The maximum Gasteiger partial charge on any atom is 0.658 e. The molecule has 0 N–H and O–H groups in total. The van der Waals surface area contributed by atoms with Crippen LogP contribution in [-0.2, 0) is 4.74 Å². The Bertz CT molecular complexity index is 689. The number of ether oxygens (including phenoxy) is 1. The quantitative estimate of drug-likeness (QED) is 0.449. The van der Waals surface area contributed by atoms with Gasteiger partial charge in [-0.2, -0.15) is 0 Å². The van der Waals surface area contributed by atoms with E-state index in [-0.39, 0.29) is 0 Å². The molecule has 0 atom stereocenters. The lowest BCUT2D eigenvalue weighted by Gasteiger charge is -2.09. The second-order valence-corrected chi connectivity index (χ2v) is 5.07. The Balaban J connectivity index is 1.99. The first-order valence-corrected chi connectivity index (χ1v) is 7.01. The zero-order chi connectivity index (χ0) is 15.9. The molecule has 2 aromatic rings. The summed E-state index contributed by atoms with van der Waals surface area (Å²) in [6, 6.07) is 11.5. The van der Waals surface area contributed by atoms with Crippen LogP contribution in [0.25, 0.3) is 0 Å². The maximum absolute atomic E-state index is 11.4. The predicted molar refractivity (Wildman–Crippen MR) is 84.3 cm³/mol. The molecular formula is C15H11BBrO5. The Kier molecular flexibility index (Phi) is 5.60. The van der Waals surface area contributed by atoms with Crippen molar-refractivity contribution in [1.82, 2.24) is 0 Å². The maximum atomic E-state index is 11.4. The summed E-state index contributed by atoms with van der Waals surface area (Å²) in [5, 5.41) is 0. The van der Waals surface area contributed by atoms with Gasteiger partial charge in [-0.05, 0) is 36.4 Å². The Hall–Kier alpha value is -2.28. The number of halogens is 1. The molecule has 0 aliphatic heterocycles. The lowest BCUT2D eigenvalue weighted by atomic mass is 10.2. The molecule has 0 saturated carbocycles. The first-order chi connectivity index (χ1) is 10.6. The second kappa shape index (κ2) is 7.65. The molecule has 0 aliphatic carbocycles. The van der Waals surface area contributed by atoms with Crippen LogP contribution in [-0.4, -0.2) is 27.1 Å². The molecule has 0 aromatic heterocycles. The van der Waals surface area contributed by atoms with Crippen LogP contribution in [0.4, 0.5) is 0 Å². The van der Waals surface area contributed by atoms with Crippen LogP contribution in [0.5, 0.6) is 11.5 Å². The van der Waals surface area contributed by atoms with Crippen molar-refractivity contribution in [1.29, 1.82) is 0 Å². The molecule has 0 amide bonds. The topological polar surface area (TPSA) is 61.8 Å². The SMILES string of the molecule is COC(=O)c1cccc(O[B]Oc2ccc(Br)cc2C=O)c1. The standard InChI is InChI=1S/C15H11BBrO5/c1-20-15(19)10-3-2-4-13(8-10)21-16-22-14-6-5-12(17)7-11(14)9-18/h2-9H,1H3. The molecule has 22 heavy (non-hydrogen) atoms. The van der Waals surface area contributed by atoms with Gasteiger partial charge in [-0.25, -0.2) is 4.79 Å². The van der Waals surface area contributed by atoms with Crippen molar-refractivity contribution < 1.29 is 23.6 Å². The van der Waals surface area contributed by atoms with Gasteiger partial charge in [0.15, 0.2) is 6.29 Å². The van der Waals surface area contributed by atoms with E-state index in [0.29, 0.717) is 28.9 Å². The number of aldehydes is 1. The number of carbonyl (C=O) groups is 2. The minimum atomic E-state index is -0.456. The molecule has 1 radical (unpaired) electrons. The van der Waals surface area contributed by atoms with Gasteiger partial charge < -0.3 is 14.0 Å². The average molecular weight is 362 g/mol. The molecule has 0 aliphatic rings. The van der Waals surface area contributed by atoms with Gasteiger partial charge in [0.2, 0.25) is 0 Å². The lowest BCUT2D eigenvalue weighted by Crippen LogP contribution is -2.12. The average Bonchev–Trinajstić information content (AvgIpc) is 2.55. The summed E-state index contributed by atoms with van der Waals surface area (Å²) in [6.45, 7) is 0. The molecule has 2 aromatic carbocycles. The fourth-order valence-electron chi connectivity index (χ4n) is 1.66. The van der Waals surface area contributed by atoms with Crippen molar-refractivity contribution in [2.24, 2.45) is 0 Å². The number of carbonyl (C=O) groups excluding carboxylic acids is 2. The molecule has 5 nitrogen and oxygen atoms in total. The van der Waals surface area contributed by atoms with E-state index in [1.165, 1.54) is 13.2 Å². The van der Waals surface area contributed by atoms with Crippen molar-refractivity contribution in [3.63, 3.8) is 0 Å². The van der Waals surface area contributed by atoms with E-state index in [1.807, 2.05) is 0 Å². The second-order valence-electron chi connectivity index (χ2n) is 4.15. The van der Waals surface area contributed by atoms with Gasteiger partial charge >= 0.3 is 13.7 Å². The number of benzene rings is 2. The molecule has 2 rings (SSSR count). The Labute approximate surface area is 136 Å². The van der Waals surface area contributed by atoms with Crippen LogP contribution in [0.1, 0.15) is 20.7 Å². The number of hydrogen-bond donors (Lipinski definition) is 0. The predicted octanol–water partition coefficient (Wildman–Crippen LogP) is 3.04. The summed E-state index contributed by atoms with van der Waals surface area (Å²) in [7, 11) is 2.40. The van der Waals surface area contributed by atoms with Gasteiger partial charge in [0.05, 0.1) is 18.2 Å². The largest absolute Gasteiger partial charge is 0.658 e. The number of methoxy groups -OCH3 is 1. The normalized spacial score (nSPS) is 9.73. The van der Waals surface area contributed by atoms with E-state index in [4.69, 9.17) is 9.31 Å². The van der Waals surface area contributed by atoms with E-state index in [1.54, 1.807) is 36.4 Å². The van der Waals surface area contributed by atoms with E-state index in [9.17, 15) is 9.59 Å². The van der Waals surface area contributed by atoms with Crippen molar-refractivity contribution in [2.45, 2.75) is 0 Å². The van der Waals surface area contributed by atoms with E-state index >= 15 is 0 Å². The number of hydrogen-bond acceptors (Lipinski definition) is 5. The summed E-state index contributed by atoms with van der Waals surface area (Å²) < 4.78 is 16.0. The van der Waals surface area contributed by atoms with Gasteiger partial charge in [0.1, 0.15) is 11.5 Å². The Morgan fingerprint density at radius 2 is 2.00 bits per heavy atom. The summed E-state index contributed by atoms with van der Waals surface area (Å²) in [5.41, 5.74) is 0.753. The van der Waals surface area contributed by atoms with Crippen LogP contribution >= 0.6 is 15.9 Å². The van der Waals surface area contributed by atoms with Crippen LogP contribution in [0.3, 0.4) is 0 Å².